The lowest BCUT2D eigenvalue weighted by Crippen LogP contribution is -2.36. The number of rotatable bonds is 4. The highest BCUT2D eigenvalue weighted by Gasteiger charge is 2.24. The van der Waals surface area contributed by atoms with Gasteiger partial charge in [0.15, 0.2) is 5.65 Å². The van der Waals surface area contributed by atoms with E-state index in [0.29, 0.717) is 18.4 Å². The number of carbonyl (C=O) groups excluding carboxylic acids is 1. The van der Waals surface area contributed by atoms with Crippen LogP contribution in [-0.4, -0.2) is 38.0 Å². The molecule has 26 heavy (non-hydrogen) atoms. The fourth-order valence-corrected chi connectivity index (χ4v) is 3.51. The lowest BCUT2D eigenvalue weighted by atomic mass is 9.82. The van der Waals surface area contributed by atoms with E-state index in [1.165, 1.54) is 0 Å². The van der Waals surface area contributed by atoms with Crippen LogP contribution in [0.3, 0.4) is 0 Å². The Labute approximate surface area is 158 Å². The van der Waals surface area contributed by atoms with Crippen LogP contribution in [0.4, 0.5) is 4.79 Å². The first-order chi connectivity index (χ1) is 12.3. The van der Waals surface area contributed by atoms with Crippen molar-refractivity contribution in [2.75, 3.05) is 6.54 Å². The molecule has 2 aromatic rings. The van der Waals surface area contributed by atoms with Crippen LogP contribution in [0.2, 0.25) is 5.28 Å². The number of hydrogen-bond acceptors (Lipinski definition) is 5. The van der Waals surface area contributed by atoms with Gasteiger partial charge in [-0.25, -0.2) is 14.5 Å². The van der Waals surface area contributed by atoms with Crippen molar-refractivity contribution in [2.24, 2.45) is 11.8 Å². The summed E-state index contributed by atoms with van der Waals surface area (Å²) in [6.07, 6.45) is 7.56. The Morgan fingerprint density at radius 2 is 1.96 bits per heavy atom. The van der Waals surface area contributed by atoms with E-state index < -0.39 is 5.60 Å². The minimum Gasteiger partial charge on any atom is -0.444 e. The van der Waals surface area contributed by atoms with Gasteiger partial charge in [-0.15, -0.1) is 0 Å². The van der Waals surface area contributed by atoms with E-state index >= 15 is 0 Å². The molecule has 1 fully saturated rings. The van der Waals surface area contributed by atoms with E-state index in [0.717, 1.165) is 43.3 Å². The van der Waals surface area contributed by atoms with Crippen molar-refractivity contribution in [1.29, 1.82) is 0 Å². The summed E-state index contributed by atoms with van der Waals surface area (Å²) >= 11 is 5.90. The van der Waals surface area contributed by atoms with Crippen molar-refractivity contribution in [3.05, 3.63) is 17.7 Å². The molecular formula is C18H26ClN5O2. The monoisotopic (exact) mass is 379 g/mol. The standard InChI is InChI=1S/C18H26ClN5O2/c1-18(2,3)26-17(25)21-8-12-4-6-13(7-5-12)11-24-15-14(10-22-24)9-20-16(19)23-15/h9-10,12-13H,4-8,11H2,1-3H3,(H,21,25). The predicted molar refractivity (Wildman–Crippen MR) is 100 cm³/mol. The summed E-state index contributed by atoms with van der Waals surface area (Å²) in [5.41, 5.74) is 0.333. The highest BCUT2D eigenvalue weighted by Crippen LogP contribution is 2.30. The molecule has 1 saturated carbocycles. The Balaban J connectivity index is 1.46. The van der Waals surface area contributed by atoms with Gasteiger partial charge in [0.2, 0.25) is 5.28 Å². The lowest BCUT2D eigenvalue weighted by molar-refractivity contribution is 0.0513. The Morgan fingerprint density at radius 1 is 1.27 bits per heavy atom. The summed E-state index contributed by atoms with van der Waals surface area (Å²) in [7, 11) is 0. The molecule has 1 aliphatic carbocycles. The van der Waals surface area contributed by atoms with Crippen molar-refractivity contribution in [3.63, 3.8) is 0 Å². The molecule has 1 aliphatic rings. The average molecular weight is 380 g/mol. The van der Waals surface area contributed by atoms with Crippen LogP contribution < -0.4 is 5.32 Å². The highest BCUT2D eigenvalue weighted by molar-refractivity contribution is 6.28. The molecule has 0 spiro atoms. The second-order valence-electron chi connectivity index (χ2n) is 8.01. The molecule has 0 aromatic carbocycles. The highest BCUT2D eigenvalue weighted by atomic mass is 35.5. The number of carbonyl (C=O) groups is 1. The molecule has 3 rings (SSSR count). The molecule has 0 unspecified atom stereocenters. The van der Waals surface area contributed by atoms with Gasteiger partial charge in [0.05, 0.1) is 11.6 Å². The maximum atomic E-state index is 11.8. The summed E-state index contributed by atoms with van der Waals surface area (Å²) in [6.45, 7) is 7.12. The maximum Gasteiger partial charge on any atom is 0.407 e. The zero-order chi connectivity index (χ0) is 18.7. The minimum absolute atomic E-state index is 0.246. The van der Waals surface area contributed by atoms with E-state index in [-0.39, 0.29) is 11.4 Å². The fraction of sp³-hybridized carbons (Fsp3) is 0.667. The van der Waals surface area contributed by atoms with E-state index in [4.69, 9.17) is 16.3 Å². The van der Waals surface area contributed by atoms with Crippen molar-refractivity contribution in [2.45, 2.75) is 58.6 Å². The van der Waals surface area contributed by atoms with Gasteiger partial charge in [0.1, 0.15) is 5.60 Å². The van der Waals surface area contributed by atoms with Crippen LogP contribution in [-0.2, 0) is 11.3 Å². The van der Waals surface area contributed by atoms with Crippen molar-refractivity contribution in [3.8, 4) is 0 Å². The molecule has 2 heterocycles. The number of hydrogen-bond donors (Lipinski definition) is 1. The Hall–Kier alpha value is -1.89. The first kappa shape index (κ1) is 18.9. The fourth-order valence-electron chi connectivity index (χ4n) is 3.38. The van der Waals surface area contributed by atoms with Gasteiger partial charge in [-0.05, 0) is 69.9 Å². The van der Waals surface area contributed by atoms with Gasteiger partial charge in [0.25, 0.3) is 0 Å². The van der Waals surface area contributed by atoms with Crippen LogP contribution in [0.15, 0.2) is 12.4 Å². The van der Waals surface area contributed by atoms with Gasteiger partial charge < -0.3 is 10.1 Å². The third-order valence-corrected chi connectivity index (χ3v) is 4.86. The van der Waals surface area contributed by atoms with Crippen molar-refractivity contribution >= 4 is 28.7 Å². The summed E-state index contributed by atoms with van der Waals surface area (Å²) in [6, 6.07) is 0. The minimum atomic E-state index is -0.458. The van der Waals surface area contributed by atoms with Gasteiger partial charge in [-0.3, -0.25) is 0 Å². The van der Waals surface area contributed by atoms with Gasteiger partial charge in [-0.1, -0.05) is 0 Å². The summed E-state index contributed by atoms with van der Waals surface area (Å²) in [5.74, 6) is 1.06. The number of nitrogens with one attached hydrogen (secondary N) is 1. The Morgan fingerprint density at radius 3 is 2.65 bits per heavy atom. The Bertz CT molecular complexity index is 763. The Kier molecular flexibility index (Phi) is 5.65. The zero-order valence-corrected chi connectivity index (χ0v) is 16.3. The predicted octanol–water partition coefficient (Wildman–Crippen LogP) is 3.81. The second kappa shape index (κ2) is 7.78. The van der Waals surface area contributed by atoms with E-state index in [1.54, 1.807) is 12.4 Å². The first-order valence-electron chi connectivity index (χ1n) is 9.11. The van der Waals surface area contributed by atoms with Crippen LogP contribution in [0.5, 0.6) is 0 Å². The summed E-state index contributed by atoms with van der Waals surface area (Å²) in [4.78, 5) is 20.0. The summed E-state index contributed by atoms with van der Waals surface area (Å²) in [5, 5.41) is 8.47. The smallest absolute Gasteiger partial charge is 0.407 e. The molecule has 0 bridgehead atoms. The van der Waals surface area contributed by atoms with Gasteiger partial charge in [0, 0.05) is 19.3 Å². The second-order valence-corrected chi connectivity index (χ2v) is 8.35. The molecule has 7 nitrogen and oxygen atoms in total. The topological polar surface area (TPSA) is 81.9 Å². The number of halogens is 1. The molecule has 0 atom stereocenters. The maximum absolute atomic E-state index is 11.8. The van der Waals surface area contributed by atoms with Crippen LogP contribution in [0.1, 0.15) is 46.5 Å². The number of fused-ring (bicyclic) bond motifs is 1. The molecular weight excluding hydrogens is 354 g/mol. The van der Waals surface area contributed by atoms with Crippen molar-refractivity contribution < 1.29 is 9.53 Å². The molecule has 0 saturated heterocycles. The molecule has 8 heteroatoms. The van der Waals surface area contributed by atoms with E-state index in [1.807, 2.05) is 25.5 Å². The number of nitrogens with zero attached hydrogens (tertiary/aromatic N) is 4. The first-order valence-corrected chi connectivity index (χ1v) is 9.49. The molecule has 0 radical (unpaired) electrons. The number of amides is 1. The van der Waals surface area contributed by atoms with Crippen LogP contribution in [0, 0.1) is 11.8 Å². The van der Waals surface area contributed by atoms with Crippen LogP contribution >= 0.6 is 11.6 Å². The molecule has 0 aliphatic heterocycles. The van der Waals surface area contributed by atoms with Crippen molar-refractivity contribution in [1.82, 2.24) is 25.1 Å². The largest absolute Gasteiger partial charge is 0.444 e. The number of ether oxygens (including phenoxy) is 1. The number of aromatic nitrogens is 4. The molecule has 1 N–H and O–H groups in total. The third kappa shape index (κ3) is 5.06. The zero-order valence-electron chi connectivity index (χ0n) is 15.5. The normalized spacial score (nSPS) is 20.9. The summed E-state index contributed by atoms with van der Waals surface area (Å²) < 4.78 is 7.21. The van der Waals surface area contributed by atoms with Crippen LogP contribution in [0.25, 0.3) is 11.0 Å². The van der Waals surface area contributed by atoms with Gasteiger partial charge >= 0.3 is 6.09 Å². The van der Waals surface area contributed by atoms with E-state index in [2.05, 4.69) is 20.4 Å². The third-order valence-electron chi connectivity index (χ3n) is 4.68. The number of alkyl carbamates (subject to hydrolysis) is 1. The van der Waals surface area contributed by atoms with E-state index in [9.17, 15) is 4.79 Å². The average Bonchev–Trinajstić information content (AvgIpc) is 2.95. The SMILES string of the molecule is CC(C)(C)OC(=O)NCC1CCC(Cn2ncc3cnc(Cl)nc32)CC1. The quantitative estimate of drug-likeness (QED) is 0.817. The lowest BCUT2D eigenvalue weighted by Gasteiger charge is -2.29. The molecule has 2 aromatic heterocycles. The van der Waals surface area contributed by atoms with Gasteiger partial charge in [-0.2, -0.15) is 10.1 Å². The molecule has 1 amide bonds. The molecule has 142 valence electrons.